The maximum atomic E-state index is 11.9. The van der Waals surface area contributed by atoms with E-state index in [9.17, 15) is 14.4 Å². The van der Waals surface area contributed by atoms with E-state index in [4.69, 9.17) is 4.74 Å². The van der Waals surface area contributed by atoms with Crippen molar-refractivity contribution >= 4 is 24.1 Å². The van der Waals surface area contributed by atoms with Crippen LogP contribution in [0.1, 0.15) is 0 Å². The lowest BCUT2D eigenvalue weighted by atomic mass is 10.1. The van der Waals surface area contributed by atoms with Crippen LogP contribution in [-0.4, -0.2) is 67.3 Å². The molecule has 1 saturated heterocycles. The summed E-state index contributed by atoms with van der Waals surface area (Å²) in [6.07, 6.45) is 1.08. The molecule has 0 spiro atoms. The summed E-state index contributed by atoms with van der Waals surface area (Å²) in [6.45, 7) is 2.20. The second-order valence-corrected chi connectivity index (χ2v) is 4.01. The number of hydrogen-bond acceptors (Lipinski definition) is 5. The van der Waals surface area contributed by atoms with E-state index < -0.39 is 23.8 Å². The lowest BCUT2D eigenvalue weighted by Gasteiger charge is -2.29. The standard InChI is InChI=1S/C10H14N4O4/c1-13-9(16)7(6-11-10(13)17)8(15)12-14-2-4-18-5-3-14/h6-7H,2-5H2,1H3,(H,12,15). The Morgan fingerprint density at radius 3 is 2.78 bits per heavy atom. The number of ether oxygens (including phenoxy) is 1. The van der Waals surface area contributed by atoms with Crippen LogP contribution in [-0.2, 0) is 14.3 Å². The van der Waals surface area contributed by atoms with Crippen LogP contribution in [0.5, 0.6) is 0 Å². The number of rotatable bonds is 2. The Morgan fingerprint density at radius 2 is 2.11 bits per heavy atom. The van der Waals surface area contributed by atoms with E-state index in [0.717, 1.165) is 11.1 Å². The van der Waals surface area contributed by atoms with E-state index in [0.29, 0.717) is 26.3 Å². The van der Waals surface area contributed by atoms with Gasteiger partial charge in [-0.25, -0.2) is 14.8 Å². The zero-order valence-electron chi connectivity index (χ0n) is 9.96. The molecule has 1 atom stereocenters. The number of nitrogens with zero attached hydrogens (tertiary/aromatic N) is 3. The molecule has 0 aliphatic carbocycles. The second kappa shape index (κ2) is 5.23. The average Bonchev–Trinajstić information content (AvgIpc) is 2.37. The Morgan fingerprint density at radius 1 is 1.44 bits per heavy atom. The van der Waals surface area contributed by atoms with Crippen molar-refractivity contribution in [3.05, 3.63) is 0 Å². The van der Waals surface area contributed by atoms with Gasteiger partial charge in [0, 0.05) is 26.4 Å². The molecular formula is C10H14N4O4. The molecule has 0 aromatic rings. The van der Waals surface area contributed by atoms with E-state index >= 15 is 0 Å². The molecule has 2 rings (SSSR count). The fourth-order valence-corrected chi connectivity index (χ4v) is 1.67. The summed E-state index contributed by atoms with van der Waals surface area (Å²) >= 11 is 0. The third kappa shape index (κ3) is 2.54. The molecule has 0 bridgehead atoms. The Balaban J connectivity index is 1.98. The van der Waals surface area contributed by atoms with Crippen LogP contribution in [0, 0.1) is 5.92 Å². The van der Waals surface area contributed by atoms with Gasteiger partial charge in [0.05, 0.1) is 13.2 Å². The summed E-state index contributed by atoms with van der Waals surface area (Å²) in [5.74, 6) is -2.10. The van der Waals surface area contributed by atoms with Gasteiger partial charge in [-0.15, -0.1) is 0 Å². The quantitative estimate of drug-likeness (QED) is 0.614. The summed E-state index contributed by atoms with van der Waals surface area (Å²) in [5, 5.41) is 1.68. The van der Waals surface area contributed by atoms with Crippen molar-refractivity contribution in [2.75, 3.05) is 33.4 Å². The van der Waals surface area contributed by atoms with Crippen molar-refractivity contribution in [1.82, 2.24) is 15.3 Å². The summed E-state index contributed by atoms with van der Waals surface area (Å²) < 4.78 is 5.14. The smallest absolute Gasteiger partial charge is 0.349 e. The van der Waals surface area contributed by atoms with E-state index in [-0.39, 0.29) is 0 Å². The van der Waals surface area contributed by atoms with E-state index in [2.05, 4.69) is 10.4 Å². The first-order chi connectivity index (χ1) is 8.59. The molecule has 0 saturated carbocycles. The highest BCUT2D eigenvalue weighted by Gasteiger charge is 2.34. The minimum absolute atomic E-state index is 0.481. The highest BCUT2D eigenvalue weighted by Crippen LogP contribution is 2.08. The predicted octanol–water partition coefficient (Wildman–Crippen LogP) is -1.37. The van der Waals surface area contributed by atoms with Crippen LogP contribution in [0.25, 0.3) is 0 Å². The van der Waals surface area contributed by atoms with Gasteiger partial charge in [0.2, 0.25) is 5.91 Å². The van der Waals surface area contributed by atoms with E-state index in [1.165, 1.54) is 7.05 Å². The molecule has 1 fully saturated rings. The molecular weight excluding hydrogens is 240 g/mol. The maximum absolute atomic E-state index is 11.9. The molecule has 98 valence electrons. The van der Waals surface area contributed by atoms with Gasteiger partial charge in [0.25, 0.3) is 5.91 Å². The van der Waals surface area contributed by atoms with Gasteiger partial charge < -0.3 is 4.74 Å². The van der Waals surface area contributed by atoms with E-state index in [1.54, 1.807) is 5.01 Å². The Kier molecular flexibility index (Phi) is 3.68. The van der Waals surface area contributed by atoms with Crippen LogP contribution in [0.4, 0.5) is 4.79 Å². The van der Waals surface area contributed by atoms with Crippen molar-refractivity contribution in [1.29, 1.82) is 0 Å². The van der Waals surface area contributed by atoms with Gasteiger partial charge >= 0.3 is 6.03 Å². The number of morpholine rings is 1. The molecule has 0 radical (unpaired) electrons. The summed E-state index contributed by atoms with van der Waals surface area (Å²) in [5.41, 5.74) is 2.62. The van der Waals surface area contributed by atoms with Gasteiger partial charge in [-0.05, 0) is 0 Å². The number of imide groups is 1. The molecule has 1 unspecified atom stereocenters. The minimum atomic E-state index is -1.05. The fraction of sp³-hybridized carbons (Fsp3) is 0.600. The molecule has 0 aromatic heterocycles. The zero-order chi connectivity index (χ0) is 13.1. The number of aliphatic imine (C=N–C) groups is 1. The van der Waals surface area contributed by atoms with Gasteiger partial charge in [0.1, 0.15) is 0 Å². The number of urea groups is 1. The fourth-order valence-electron chi connectivity index (χ4n) is 1.67. The number of carbonyl (C=O) groups excluding carboxylic acids is 3. The largest absolute Gasteiger partial charge is 0.379 e. The topological polar surface area (TPSA) is 91.3 Å². The number of nitrogens with one attached hydrogen (secondary N) is 1. The Bertz CT molecular complexity index is 403. The van der Waals surface area contributed by atoms with Crippen LogP contribution in [0.3, 0.4) is 0 Å². The van der Waals surface area contributed by atoms with Crippen molar-refractivity contribution in [3.63, 3.8) is 0 Å². The van der Waals surface area contributed by atoms with Crippen LogP contribution in [0.2, 0.25) is 0 Å². The van der Waals surface area contributed by atoms with Gasteiger partial charge in [-0.3, -0.25) is 19.9 Å². The summed E-state index contributed by atoms with van der Waals surface area (Å²) in [6, 6.07) is -0.657. The normalized spacial score (nSPS) is 25.4. The number of carbonyl (C=O) groups is 3. The second-order valence-electron chi connectivity index (χ2n) is 4.01. The van der Waals surface area contributed by atoms with Crippen LogP contribution in [0.15, 0.2) is 4.99 Å². The lowest BCUT2D eigenvalue weighted by Crippen LogP contribution is -2.54. The zero-order valence-corrected chi connectivity index (χ0v) is 9.96. The molecule has 1 N–H and O–H groups in total. The number of hydrazine groups is 1. The SMILES string of the molecule is CN1C(=O)N=CC(C(=O)NN2CCOCC2)C1=O. The molecule has 8 heteroatoms. The van der Waals surface area contributed by atoms with Crippen molar-refractivity contribution < 1.29 is 19.1 Å². The molecule has 18 heavy (non-hydrogen) atoms. The van der Waals surface area contributed by atoms with Crippen molar-refractivity contribution in [3.8, 4) is 0 Å². The van der Waals surface area contributed by atoms with Crippen molar-refractivity contribution in [2.24, 2.45) is 10.9 Å². The van der Waals surface area contributed by atoms with Crippen LogP contribution >= 0.6 is 0 Å². The average molecular weight is 254 g/mol. The number of hydrogen-bond donors (Lipinski definition) is 1. The van der Waals surface area contributed by atoms with Gasteiger partial charge in [0.15, 0.2) is 5.92 Å². The first-order valence-corrected chi connectivity index (χ1v) is 5.58. The molecule has 2 aliphatic heterocycles. The van der Waals surface area contributed by atoms with E-state index in [1.807, 2.05) is 0 Å². The first-order valence-electron chi connectivity index (χ1n) is 5.58. The third-order valence-corrected chi connectivity index (χ3v) is 2.78. The third-order valence-electron chi connectivity index (χ3n) is 2.78. The Labute approximate surface area is 104 Å². The highest BCUT2D eigenvalue weighted by atomic mass is 16.5. The first kappa shape index (κ1) is 12.7. The maximum Gasteiger partial charge on any atom is 0.349 e. The monoisotopic (exact) mass is 254 g/mol. The minimum Gasteiger partial charge on any atom is -0.379 e. The Hall–Kier alpha value is -1.80. The van der Waals surface area contributed by atoms with Gasteiger partial charge in [-0.1, -0.05) is 0 Å². The molecule has 0 aromatic carbocycles. The molecule has 8 nitrogen and oxygen atoms in total. The van der Waals surface area contributed by atoms with Crippen molar-refractivity contribution in [2.45, 2.75) is 0 Å². The van der Waals surface area contributed by atoms with Gasteiger partial charge in [-0.2, -0.15) is 0 Å². The summed E-state index contributed by atoms with van der Waals surface area (Å²) in [7, 11) is 1.30. The molecule has 2 aliphatic rings. The summed E-state index contributed by atoms with van der Waals surface area (Å²) in [4.78, 5) is 39.1. The molecule has 2 heterocycles. The van der Waals surface area contributed by atoms with Crippen LogP contribution < -0.4 is 5.43 Å². The molecule has 4 amide bonds. The number of amides is 4. The highest BCUT2D eigenvalue weighted by molar-refractivity contribution is 6.20. The predicted molar refractivity (Wildman–Crippen MR) is 60.7 cm³/mol. The lowest BCUT2D eigenvalue weighted by molar-refractivity contribution is -0.139.